The van der Waals surface area contributed by atoms with Crippen molar-refractivity contribution in [1.82, 2.24) is 10.2 Å². The van der Waals surface area contributed by atoms with Gasteiger partial charge in [-0.1, -0.05) is 0 Å². The highest BCUT2D eigenvalue weighted by Crippen LogP contribution is 2.34. The molecule has 0 aromatic rings. The molecule has 2 amide bonds. The second kappa shape index (κ2) is 5.49. The summed E-state index contributed by atoms with van der Waals surface area (Å²) in [4.78, 5) is 25.5. The van der Waals surface area contributed by atoms with E-state index >= 15 is 0 Å². The normalized spacial score (nSPS) is 25.7. The predicted octanol–water partition coefficient (Wildman–Crippen LogP) is 0.150. The smallest absolute Gasteiger partial charge is 0.245 e. The van der Waals surface area contributed by atoms with Crippen LogP contribution < -0.4 is 5.32 Å². The first-order chi connectivity index (χ1) is 8.22. The average Bonchev–Trinajstić information content (AvgIpc) is 3.13. The fraction of sp³-hybridized carbons (Fsp3) is 0.833. The van der Waals surface area contributed by atoms with Crippen LogP contribution in [-0.2, 0) is 14.3 Å². The molecule has 1 heterocycles. The van der Waals surface area contributed by atoms with Gasteiger partial charge in [0.25, 0.3) is 0 Å². The summed E-state index contributed by atoms with van der Waals surface area (Å²) in [6.07, 6.45) is 2.51. The lowest BCUT2D eigenvalue weighted by Gasteiger charge is -2.23. The predicted molar refractivity (Wildman–Crippen MR) is 62.3 cm³/mol. The van der Waals surface area contributed by atoms with Gasteiger partial charge in [0.1, 0.15) is 6.04 Å². The van der Waals surface area contributed by atoms with E-state index in [9.17, 15) is 9.59 Å². The van der Waals surface area contributed by atoms with E-state index in [1.54, 1.807) is 4.90 Å². The third kappa shape index (κ3) is 3.19. The summed E-state index contributed by atoms with van der Waals surface area (Å²) in [5.74, 6) is 0.423. The first-order valence-corrected chi connectivity index (χ1v) is 6.38. The zero-order valence-corrected chi connectivity index (χ0v) is 10.3. The molecule has 0 aromatic heterocycles. The second-order valence-electron chi connectivity index (χ2n) is 4.65. The molecule has 0 aromatic carbocycles. The maximum absolute atomic E-state index is 12.2. The molecule has 1 saturated heterocycles. The van der Waals surface area contributed by atoms with E-state index in [1.165, 1.54) is 0 Å². The first kappa shape index (κ1) is 12.4. The van der Waals surface area contributed by atoms with Crippen LogP contribution in [0.4, 0.5) is 0 Å². The van der Waals surface area contributed by atoms with E-state index in [-0.39, 0.29) is 17.9 Å². The standard InChI is InChI=1S/C12H20N2O3/c1-2-17-8-7-14-6-5-10(15)13-11(12(14)16)9-3-4-9/h9,11H,2-8H2,1H3,(H,13,15). The molecule has 17 heavy (non-hydrogen) atoms. The maximum Gasteiger partial charge on any atom is 0.245 e. The summed E-state index contributed by atoms with van der Waals surface area (Å²) in [5, 5.41) is 2.84. The van der Waals surface area contributed by atoms with Gasteiger partial charge in [0.15, 0.2) is 0 Å². The number of carbonyl (C=O) groups excluding carboxylic acids is 2. The van der Waals surface area contributed by atoms with E-state index in [1.807, 2.05) is 6.92 Å². The highest BCUT2D eigenvalue weighted by atomic mass is 16.5. The van der Waals surface area contributed by atoms with E-state index in [2.05, 4.69) is 5.32 Å². The quantitative estimate of drug-likeness (QED) is 0.696. The molecule has 1 atom stereocenters. The zero-order valence-electron chi connectivity index (χ0n) is 10.3. The van der Waals surface area contributed by atoms with Gasteiger partial charge in [0, 0.05) is 26.1 Å². The van der Waals surface area contributed by atoms with Gasteiger partial charge < -0.3 is 15.0 Å². The highest BCUT2D eigenvalue weighted by molar-refractivity contribution is 5.90. The Bertz CT molecular complexity index is 302. The number of amides is 2. The van der Waals surface area contributed by atoms with Crippen molar-refractivity contribution in [3.05, 3.63) is 0 Å². The molecule has 96 valence electrons. The summed E-state index contributed by atoms with van der Waals surface area (Å²) in [7, 11) is 0. The number of nitrogens with zero attached hydrogens (tertiary/aromatic N) is 1. The SMILES string of the molecule is CCOCCN1CCC(=O)NC(C2CC2)C1=O. The van der Waals surface area contributed by atoms with E-state index in [0.717, 1.165) is 12.8 Å². The molecule has 2 fully saturated rings. The Hall–Kier alpha value is -1.10. The summed E-state index contributed by atoms with van der Waals surface area (Å²) in [5.41, 5.74) is 0. The highest BCUT2D eigenvalue weighted by Gasteiger charge is 2.40. The van der Waals surface area contributed by atoms with Crippen molar-refractivity contribution in [1.29, 1.82) is 0 Å². The van der Waals surface area contributed by atoms with Crippen LogP contribution in [0.15, 0.2) is 0 Å². The minimum atomic E-state index is -0.286. The molecule has 0 spiro atoms. The van der Waals surface area contributed by atoms with Crippen molar-refractivity contribution >= 4 is 11.8 Å². The number of ether oxygens (including phenoxy) is 1. The Morgan fingerprint density at radius 1 is 1.41 bits per heavy atom. The molecule has 0 bridgehead atoms. The molecule has 1 aliphatic heterocycles. The molecule has 5 heteroatoms. The van der Waals surface area contributed by atoms with Crippen LogP contribution in [0, 0.1) is 5.92 Å². The van der Waals surface area contributed by atoms with Crippen LogP contribution in [0.5, 0.6) is 0 Å². The third-order valence-corrected chi connectivity index (χ3v) is 3.31. The van der Waals surface area contributed by atoms with Crippen molar-refractivity contribution in [2.45, 2.75) is 32.2 Å². The Balaban J connectivity index is 1.94. The number of carbonyl (C=O) groups is 2. The van der Waals surface area contributed by atoms with Crippen molar-refractivity contribution in [3.63, 3.8) is 0 Å². The molecule has 1 unspecified atom stereocenters. The molecular formula is C12H20N2O3. The van der Waals surface area contributed by atoms with E-state index < -0.39 is 0 Å². The fourth-order valence-electron chi connectivity index (χ4n) is 2.14. The van der Waals surface area contributed by atoms with Gasteiger partial charge in [-0.15, -0.1) is 0 Å². The minimum absolute atomic E-state index is 0.00541. The molecule has 5 nitrogen and oxygen atoms in total. The van der Waals surface area contributed by atoms with Crippen molar-refractivity contribution in [2.24, 2.45) is 5.92 Å². The molecule has 1 aliphatic carbocycles. The van der Waals surface area contributed by atoms with E-state index in [0.29, 0.717) is 38.6 Å². The Morgan fingerprint density at radius 2 is 2.18 bits per heavy atom. The monoisotopic (exact) mass is 240 g/mol. The summed E-state index contributed by atoms with van der Waals surface area (Å²) < 4.78 is 5.26. The fourth-order valence-corrected chi connectivity index (χ4v) is 2.14. The zero-order chi connectivity index (χ0) is 12.3. The molecular weight excluding hydrogens is 220 g/mol. The van der Waals surface area contributed by atoms with Crippen LogP contribution in [0.1, 0.15) is 26.2 Å². The number of nitrogens with one attached hydrogen (secondary N) is 1. The third-order valence-electron chi connectivity index (χ3n) is 3.31. The molecule has 1 N–H and O–H groups in total. The largest absolute Gasteiger partial charge is 0.380 e. The summed E-state index contributed by atoms with van der Waals surface area (Å²) in [6.45, 7) is 4.24. The van der Waals surface area contributed by atoms with Crippen LogP contribution in [0.25, 0.3) is 0 Å². The van der Waals surface area contributed by atoms with Gasteiger partial charge in [-0.3, -0.25) is 9.59 Å². The topological polar surface area (TPSA) is 58.6 Å². The van der Waals surface area contributed by atoms with Crippen molar-refractivity contribution in [2.75, 3.05) is 26.3 Å². The average molecular weight is 240 g/mol. The van der Waals surface area contributed by atoms with Crippen molar-refractivity contribution in [3.8, 4) is 0 Å². The lowest BCUT2D eigenvalue weighted by molar-refractivity contribution is -0.134. The van der Waals surface area contributed by atoms with Crippen LogP contribution in [0.2, 0.25) is 0 Å². The summed E-state index contributed by atoms with van der Waals surface area (Å²) >= 11 is 0. The minimum Gasteiger partial charge on any atom is -0.380 e. The Labute approximate surface area is 101 Å². The van der Waals surface area contributed by atoms with Gasteiger partial charge in [0.05, 0.1) is 6.61 Å². The lowest BCUT2D eigenvalue weighted by Crippen LogP contribution is -2.46. The van der Waals surface area contributed by atoms with Gasteiger partial charge in [-0.2, -0.15) is 0 Å². The van der Waals surface area contributed by atoms with Gasteiger partial charge in [0.2, 0.25) is 11.8 Å². The second-order valence-corrected chi connectivity index (χ2v) is 4.65. The number of rotatable bonds is 5. The number of hydrogen-bond acceptors (Lipinski definition) is 3. The van der Waals surface area contributed by atoms with Crippen LogP contribution in [0.3, 0.4) is 0 Å². The number of hydrogen-bond donors (Lipinski definition) is 1. The van der Waals surface area contributed by atoms with Crippen LogP contribution in [-0.4, -0.2) is 49.1 Å². The Kier molecular flexibility index (Phi) is 3.99. The molecule has 2 rings (SSSR count). The van der Waals surface area contributed by atoms with Crippen LogP contribution >= 0.6 is 0 Å². The van der Waals surface area contributed by atoms with Gasteiger partial charge in [-0.25, -0.2) is 0 Å². The molecule has 2 aliphatic rings. The van der Waals surface area contributed by atoms with Gasteiger partial charge >= 0.3 is 0 Å². The molecule has 0 radical (unpaired) electrons. The maximum atomic E-state index is 12.2. The summed E-state index contributed by atoms with van der Waals surface area (Å²) in [6, 6.07) is -0.286. The van der Waals surface area contributed by atoms with Crippen molar-refractivity contribution < 1.29 is 14.3 Å². The van der Waals surface area contributed by atoms with E-state index in [4.69, 9.17) is 4.74 Å². The van der Waals surface area contributed by atoms with Gasteiger partial charge in [-0.05, 0) is 25.7 Å². The molecule has 1 saturated carbocycles. The first-order valence-electron chi connectivity index (χ1n) is 6.38. The Morgan fingerprint density at radius 3 is 2.82 bits per heavy atom. The lowest BCUT2D eigenvalue weighted by atomic mass is 10.1.